The van der Waals surface area contributed by atoms with Gasteiger partial charge in [-0.05, 0) is 54.4 Å². The summed E-state index contributed by atoms with van der Waals surface area (Å²) in [5, 5.41) is 13.3. The molecule has 0 aromatic heterocycles. The Morgan fingerprint density at radius 1 is 0.905 bits per heavy atom. The second kappa shape index (κ2) is 5.31. The van der Waals surface area contributed by atoms with Crippen molar-refractivity contribution in [1.29, 1.82) is 0 Å². The molecule has 2 aromatic rings. The van der Waals surface area contributed by atoms with Gasteiger partial charge in [0.05, 0.1) is 6.10 Å². The van der Waals surface area contributed by atoms with Gasteiger partial charge in [-0.25, -0.2) is 0 Å². The van der Waals surface area contributed by atoms with Gasteiger partial charge in [0.2, 0.25) is 0 Å². The first-order valence-corrected chi connectivity index (χ1v) is 8.20. The zero-order valence-corrected chi connectivity index (χ0v) is 12.3. The smallest absolute Gasteiger partial charge is 0.0646 e. The molecule has 1 saturated carbocycles. The summed E-state index contributed by atoms with van der Waals surface area (Å²) in [5.41, 5.74) is 2.83. The van der Waals surface area contributed by atoms with E-state index in [9.17, 15) is 5.11 Å². The van der Waals surface area contributed by atoms with E-state index in [1.54, 1.807) is 0 Å². The van der Waals surface area contributed by atoms with Crippen molar-refractivity contribution in [3.05, 3.63) is 59.7 Å². The number of aliphatic hydroxyl groups is 1. The van der Waals surface area contributed by atoms with Crippen LogP contribution in [0.5, 0.6) is 0 Å². The molecule has 0 aliphatic heterocycles. The Labute approximate surface area is 126 Å². The molecular weight excluding hydrogens is 256 g/mol. The van der Waals surface area contributed by atoms with Crippen molar-refractivity contribution in [2.45, 2.75) is 44.1 Å². The maximum atomic E-state index is 10.7. The van der Waals surface area contributed by atoms with Crippen LogP contribution in [0.1, 0.15) is 43.6 Å². The number of hydrogen-bond acceptors (Lipinski definition) is 1. The van der Waals surface area contributed by atoms with E-state index in [1.165, 1.54) is 41.2 Å². The van der Waals surface area contributed by atoms with Crippen LogP contribution in [-0.4, -0.2) is 11.2 Å². The van der Waals surface area contributed by atoms with Crippen LogP contribution in [0.25, 0.3) is 10.8 Å². The first-order chi connectivity index (χ1) is 10.3. The molecule has 0 bridgehead atoms. The predicted octanol–water partition coefficient (Wildman–Crippen LogP) is 4.80. The van der Waals surface area contributed by atoms with Crippen molar-refractivity contribution in [3.63, 3.8) is 0 Å². The lowest BCUT2D eigenvalue weighted by molar-refractivity contribution is 0.111. The van der Waals surface area contributed by atoms with E-state index < -0.39 is 0 Å². The van der Waals surface area contributed by atoms with Crippen molar-refractivity contribution in [2.24, 2.45) is 5.92 Å². The molecule has 2 aliphatic carbocycles. The molecule has 0 radical (unpaired) electrons. The van der Waals surface area contributed by atoms with E-state index in [1.807, 2.05) is 0 Å². The number of benzene rings is 2. The molecule has 1 heteroatoms. The fourth-order valence-corrected chi connectivity index (χ4v) is 4.33. The average molecular weight is 278 g/mol. The zero-order chi connectivity index (χ0) is 14.2. The van der Waals surface area contributed by atoms with Gasteiger partial charge in [0.25, 0.3) is 0 Å². The number of rotatable bonds is 1. The van der Waals surface area contributed by atoms with Crippen LogP contribution in [0.4, 0.5) is 0 Å². The van der Waals surface area contributed by atoms with Crippen LogP contribution in [0.3, 0.4) is 0 Å². The van der Waals surface area contributed by atoms with E-state index in [2.05, 4.69) is 48.5 Å². The van der Waals surface area contributed by atoms with E-state index in [-0.39, 0.29) is 12.0 Å². The highest BCUT2D eigenvalue weighted by Crippen LogP contribution is 2.46. The highest BCUT2D eigenvalue weighted by atomic mass is 16.3. The van der Waals surface area contributed by atoms with E-state index >= 15 is 0 Å². The minimum atomic E-state index is -0.226. The Hall–Kier alpha value is -1.60. The molecule has 1 nitrogen and oxygen atoms in total. The zero-order valence-electron chi connectivity index (χ0n) is 12.3. The van der Waals surface area contributed by atoms with Crippen LogP contribution < -0.4 is 0 Å². The molecule has 3 atom stereocenters. The highest BCUT2D eigenvalue weighted by molar-refractivity contribution is 5.86. The van der Waals surface area contributed by atoms with Gasteiger partial charge in [0, 0.05) is 5.92 Å². The van der Waals surface area contributed by atoms with Gasteiger partial charge in [-0.2, -0.15) is 0 Å². The summed E-state index contributed by atoms with van der Waals surface area (Å²) >= 11 is 0. The Kier molecular flexibility index (Phi) is 3.31. The first-order valence-electron chi connectivity index (χ1n) is 8.20. The maximum absolute atomic E-state index is 10.7. The Balaban J connectivity index is 1.87. The Bertz CT molecular complexity index is 680. The predicted molar refractivity (Wildman–Crippen MR) is 87.4 cm³/mol. The van der Waals surface area contributed by atoms with Gasteiger partial charge >= 0.3 is 0 Å². The molecule has 1 fully saturated rings. The van der Waals surface area contributed by atoms with Gasteiger partial charge < -0.3 is 5.11 Å². The molecule has 1 N–H and O–H groups in total. The quantitative estimate of drug-likeness (QED) is 0.743. The molecular formula is C20H22O. The number of aliphatic hydroxyl groups excluding tert-OH is 1. The van der Waals surface area contributed by atoms with Gasteiger partial charge in [-0.3, -0.25) is 0 Å². The molecule has 0 spiro atoms. The van der Waals surface area contributed by atoms with Crippen LogP contribution in [0.15, 0.2) is 54.1 Å². The molecule has 0 heterocycles. The topological polar surface area (TPSA) is 20.2 Å². The summed E-state index contributed by atoms with van der Waals surface area (Å²) < 4.78 is 0. The second-order valence-corrected chi connectivity index (χ2v) is 6.52. The van der Waals surface area contributed by atoms with Gasteiger partial charge in [-0.15, -0.1) is 0 Å². The molecule has 108 valence electrons. The monoisotopic (exact) mass is 278 g/mol. The lowest BCUT2D eigenvalue weighted by Crippen LogP contribution is -2.31. The van der Waals surface area contributed by atoms with Gasteiger partial charge in [-0.1, -0.05) is 54.1 Å². The highest BCUT2D eigenvalue weighted by Gasteiger charge is 2.36. The molecule has 21 heavy (non-hydrogen) atoms. The molecule has 2 aliphatic rings. The summed E-state index contributed by atoms with van der Waals surface area (Å²) in [5.74, 6) is 0.904. The maximum Gasteiger partial charge on any atom is 0.0646 e. The van der Waals surface area contributed by atoms with Crippen molar-refractivity contribution < 1.29 is 5.11 Å². The van der Waals surface area contributed by atoms with E-state index in [0.717, 1.165) is 12.8 Å². The largest absolute Gasteiger partial charge is 0.392 e. The van der Waals surface area contributed by atoms with Crippen LogP contribution in [-0.2, 0) is 0 Å². The minimum Gasteiger partial charge on any atom is -0.392 e. The van der Waals surface area contributed by atoms with Gasteiger partial charge in [0.1, 0.15) is 0 Å². The minimum absolute atomic E-state index is 0.204. The summed E-state index contributed by atoms with van der Waals surface area (Å²) in [6, 6.07) is 15.1. The second-order valence-electron chi connectivity index (χ2n) is 6.52. The summed E-state index contributed by atoms with van der Waals surface area (Å²) in [6.07, 6.45) is 8.09. The van der Waals surface area contributed by atoms with Crippen molar-refractivity contribution >= 4 is 10.8 Å². The van der Waals surface area contributed by atoms with Crippen molar-refractivity contribution in [2.75, 3.05) is 0 Å². The van der Waals surface area contributed by atoms with Crippen molar-refractivity contribution in [1.82, 2.24) is 0 Å². The third-order valence-corrected chi connectivity index (χ3v) is 5.32. The third kappa shape index (κ3) is 2.20. The lowest BCUT2D eigenvalue weighted by atomic mass is 9.68. The first kappa shape index (κ1) is 13.1. The third-order valence-electron chi connectivity index (χ3n) is 5.32. The summed E-state index contributed by atoms with van der Waals surface area (Å²) in [4.78, 5) is 0. The molecule has 4 rings (SSSR count). The van der Waals surface area contributed by atoms with Crippen LogP contribution in [0, 0.1) is 5.92 Å². The normalized spacial score (nSPS) is 29.0. The SMILES string of the molecule is OC1CCC2CCCC=C2C1c1cccc2ccccc12. The van der Waals surface area contributed by atoms with Gasteiger partial charge in [0.15, 0.2) is 0 Å². The fraction of sp³-hybridized carbons (Fsp3) is 0.400. The molecule has 3 unspecified atom stereocenters. The Morgan fingerprint density at radius 3 is 2.71 bits per heavy atom. The van der Waals surface area contributed by atoms with E-state index in [4.69, 9.17) is 0 Å². The number of allylic oxidation sites excluding steroid dienone is 1. The lowest BCUT2D eigenvalue weighted by Gasteiger charge is -2.39. The van der Waals surface area contributed by atoms with Crippen LogP contribution in [0.2, 0.25) is 0 Å². The summed E-state index contributed by atoms with van der Waals surface area (Å²) in [6.45, 7) is 0. The fourth-order valence-electron chi connectivity index (χ4n) is 4.33. The van der Waals surface area contributed by atoms with Crippen molar-refractivity contribution in [3.8, 4) is 0 Å². The number of hydrogen-bond donors (Lipinski definition) is 1. The number of fused-ring (bicyclic) bond motifs is 2. The molecule has 0 amide bonds. The molecule has 0 saturated heterocycles. The molecule has 2 aromatic carbocycles. The van der Waals surface area contributed by atoms with Crippen LogP contribution >= 0.6 is 0 Å². The standard InChI is InChI=1S/C20H22O/c21-19-13-12-15-7-2-4-10-17(15)20(19)18-11-5-8-14-6-1-3-9-16(14)18/h1,3,5-6,8-11,15,19-21H,2,4,7,12-13H2. The van der Waals surface area contributed by atoms with E-state index in [0.29, 0.717) is 5.92 Å². The average Bonchev–Trinajstić information content (AvgIpc) is 2.54. The summed E-state index contributed by atoms with van der Waals surface area (Å²) in [7, 11) is 0. The Morgan fingerprint density at radius 2 is 1.76 bits per heavy atom.